The van der Waals surface area contributed by atoms with Crippen molar-refractivity contribution >= 4 is 17.7 Å². The molecule has 1 unspecified atom stereocenters. The number of imide groups is 1. The number of benzene rings is 1. The standard InChI is InChI=1S/C21H23F3N4O3/c22-21(23,24)20(8-19(9-20)10-25-11-19)26-6-12-1-2-13-7-28(18(31)14(13)5-12)15-3-4-16(29)27-17(15)30/h1-2,5,15,25-26H,3-4,6-11H2,(H,27,29,30). The van der Waals surface area contributed by atoms with E-state index >= 15 is 0 Å². The molecule has 7 nitrogen and oxygen atoms in total. The Bertz CT molecular complexity index is 965. The number of fused-ring (bicyclic) bond motifs is 1. The van der Waals surface area contributed by atoms with Crippen LogP contribution in [0.3, 0.4) is 0 Å². The predicted octanol–water partition coefficient (Wildman–Crippen LogP) is 1.22. The second-order valence-corrected chi connectivity index (χ2v) is 9.28. The number of rotatable bonds is 4. The number of nitrogens with zero attached hydrogens (tertiary/aromatic N) is 1. The minimum Gasteiger partial charge on any atom is -0.322 e. The zero-order valence-corrected chi connectivity index (χ0v) is 16.8. The number of piperidine rings is 1. The van der Waals surface area contributed by atoms with Crippen molar-refractivity contribution in [2.45, 2.75) is 56.5 Å². The molecule has 0 radical (unpaired) electrons. The summed E-state index contributed by atoms with van der Waals surface area (Å²) in [6.45, 7) is 1.49. The van der Waals surface area contributed by atoms with Crippen LogP contribution in [-0.2, 0) is 22.7 Å². The van der Waals surface area contributed by atoms with Gasteiger partial charge in [0.15, 0.2) is 0 Å². The molecule has 3 fully saturated rings. The SMILES string of the molecule is O=C1CCC(N2Cc3ccc(CNC4(C(F)(F)F)CC5(CNC5)C4)cc3C2=O)C(=O)N1. The molecule has 1 spiro atoms. The monoisotopic (exact) mass is 436 g/mol. The van der Waals surface area contributed by atoms with Crippen LogP contribution < -0.4 is 16.0 Å². The Labute approximate surface area is 176 Å². The van der Waals surface area contributed by atoms with Gasteiger partial charge in [-0.05, 0) is 41.9 Å². The van der Waals surface area contributed by atoms with Gasteiger partial charge in [-0.3, -0.25) is 25.0 Å². The Morgan fingerprint density at radius 2 is 1.90 bits per heavy atom. The van der Waals surface area contributed by atoms with Crippen molar-refractivity contribution < 1.29 is 27.6 Å². The first-order valence-electron chi connectivity index (χ1n) is 10.4. The second kappa shape index (κ2) is 6.77. The van der Waals surface area contributed by atoms with E-state index in [0.29, 0.717) is 24.2 Å². The third-order valence-electron chi connectivity index (χ3n) is 7.12. The van der Waals surface area contributed by atoms with Gasteiger partial charge in [0.1, 0.15) is 11.6 Å². The van der Waals surface area contributed by atoms with E-state index in [1.54, 1.807) is 18.2 Å². The van der Waals surface area contributed by atoms with Crippen molar-refractivity contribution in [3.63, 3.8) is 0 Å². The van der Waals surface area contributed by atoms with E-state index in [-0.39, 0.29) is 56.0 Å². The van der Waals surface area contributed by atoms with Crippen LogP contribution in [0.15, 0.2) is 18.2 Å². The smallest absolute Gasteiger partial charge is 0.322 e. The summed E-state index contributed by atoms with van der Waals surface area (Å²) >= 11 is 0. The molecule has 1 aromatic rings. The molecule has 3 amide bonds. The van der Waals surface area contributed by atoms with Crippen LogP contribution in [0.2, 0.25) is 0 Å². The topological polar surface area (TPSA) is 90.5 Å². The first-order valence-corrected chi connectivity index (χ1v) is 10.4. The van der Waals surface area contributed by atoms with E-state index < -0.39 is 23.7 Å². The molecule has 3 N–H and O–H groups in total. The fourth-order valence-corrected chi connectivity index (χ4v) is 5.37. The van der Waals surface area contributed by atoms with Gasteiger partial charge in [0.05, 0.1) is 0 Å². The highest BCUT2D eigenvalue weighted by molar-refractivity contribution is 6.05. The van der Waals surface area contributed by atoms with E-state index in [2.05, 4.69) is 16.0 Å². The number of amides is 3. The lowest BCUT2D eigenvalue weighted by molar-refractivity contribution is -0.255. The Kier molecular flexibility index (Phi) is 4.46. The molecule has 1 aliphatic carbocycles. The highest BCUT2D eigenvalue weighted by Crippen LogP contribution is 2.57. The number of alkyl halides is 3. The molecule has 1 atom stereocenters. The lowest BCUT2D eigenvalue weighted by Gasteiger charge is -2.61. The summed E-state index contributed by atoms with van der Waals surface area (Å²) in [5, 5.41) is 8.03. The normalized spacial score (nSPS) is 26.4. The minimum absolute atomic E-state index is 0.00198. The maximum absolute atomic E-state index is 13.8. The fourth-order valence-electron chi connectivity index (χ4n) is 5.37. The van der Waals surface area contributed by atoms with Gasteiger partial charge < -0.3 is 10.2 Å². The molecule has 5 rings (SSSR count). The molecule has 166 valence electrons. The van der Waals surface area contributed by atoms with Crippen molar-refractivity contribution in [2.75, 3.05) is 13.1 Å². The summed E-state index contributed by atoms with van der Waals surface area (Å²) in [5.41, 5.74) is -0.422. The van der Waals surface area contributed by atoms with Crippen molar-refractivity contribution in [3.8, 4) is 0 Å². The number of carbonyl (C=O) groups is 3. The third kappa shape index (κ3) is 3.23. The van der Waals surface area contributed by atoms with E-state index in [1.165, 1.54) is 4.90 Å². The summed E-state index contributed by atoms with van der Waals surface area (Å²) in [6.07, 6.45) is -3.79. The van der Waals surface area contributed by atoms with Crippen LogP contribution >= 0.6 is 0 Å². The largest absolute Gasteiger partial charge is 0.406 e. The Morgan fingerprint density at radius 1 is 1.16 bits per heavy atom. The molecule has 0 bridgehead atoms. The molecular weight excluding hydrogens is 413 g/mol. The highest BCUT2D eigenvalue weighted by atomic mass is 19.4. The molecule has 4 aliphatic rings. The summed E-state index contributed by atoms with van der Waals surface area (Å²) < 4.78 is 41.3. The molecule has 1 aromatic carbocycles. The molecule has 10 heteroatoms. The molecule has 3 heterocycles. The zero-order chi connectivity index (χ0) is 22.0. The number of nitrogens with one attached hydrogen (secondary N) is 3. The van der Waals surface area contributed by atoms with Gasteiger partial charge in [0, 0.05) is 38.2 Å². The first kappa shape index (κ1) is 20.4. The van der Waals surface area contributed by atoms with Crippen LogP contribution in [-0.4, -0.2) is 53.5 Å². The summed E-state index contributed by atoms with van der Waals surface area (Å²) in [6, 6.07) is 4.35. The number of hydrogen-bond donors (Lipinski definition) is 3. The number of carbonyl (C=O) groups excluding carboxylic acids is 3. The maximum atomic E-state index is 13.8. The van der Waals surface area contributed by atoms with E-state index in [1.807, 2.05) is 0 Å². The summed E-state index contributed by atoms with van der Waals surface area (Å²) in [7, 11) is 0. The molecular formula is C21H23F3N4O3. The Morgan fingerprint density at radius 3 is 2.52 bits per heavy atom. The number of halogens is 3. The van der Waals surface area contributed by atoms with Gasteiger partial charge >= 0.3 is 6.18 Å². The minimum atomic E-state index is -4.34. The summed E-state index contributed by atoms with van der Waals surface area (Å²) in [4.78, 5) is 37.8. The van der Waals surface area contributed by atoms with Crippen molar-refractivity contribution in [3.05, 3.63) is 34.9 Å². The van der Waals surface area contributed by atoms with E-state index in [9.17, 15) is 27.6 Å². The summed E-state index contributed by atoms with van der Waals surface area (Å²) in [5.74, 6) is -1.18. The van der Waals surface area contributed by atoms with Crippen LogP contribution in [0, 0.1) is 5.41 Å². The maximum Gasteiger partial charge on any atom is 0.406 e. The fraction of sp³-hybridized carbons (Fsp3) is 0.571. The third-order valence-corrected chi connectivity index (χ3v) is 7.12. The van der Waals surface area contributed by atoms with Crippen LogP contribution in [0.25, 0.3) is 0 Å². The van der Waals surface area contributed by atoms with Gasteiger partial charge in [-0.1, -0.05) is 12.1 Å². The molecule has 0 aromatic heterocycles. The molecule has 3 aliphatic heterocycles. The predicted molar refractivity (Wildman–Crippen MR) is 103 cm³/mol. The Hall–Kier alpha value is -2.46. The van der Waals surface area contributed by atoms with E-state index in [0.717, 1.165) is 5.56 Å². The lowest BCUT2D eigenvalue weighted by Crippen LogP contribution is -2.75. The molecule has 1 saturated carbocycles. The van der Waals surface area contributed by atoms with Crippen molar-refractivity contribution in [1.82, 2.24) is 20.9 Å². The Balaban J connectivity index is 1.29. The highest BCUT2D eigenvalue weighted by Gasteiger charge is 2.68. The first-order chi connectivity index (χ1) is 14.6. The average Bonchev–Trinajstić information content (AvgIpc) is 2.95. The van der Waals surface area contributed by atoms with Crippen LogP contribution in [0.1, 0.15) is 47.2 Å². The van der Waals surface area contributed by atoms with Gasteiger partial charge in [0.25, 0.3) is 5.91 Å². The second-order valence-electron chi connectivity index (χ2n) is 9.28. The van der Waals surface area contributed by atoms with E-state index in [4.69, 9.17) is 0 Å². The van der Waals surface area contributed by atoms with Gasteiger partial charge in [-0.15, -0.1) is 0 Å². The number of hydrogen-bond acceptors (Lipinski definition) is 5. The van der Waals surface area contributed by atoms with Crippen LogP contribution in [0.4, 0.5) is 13.2 Å². The van der Waals surface area contributed by atoms with Gasteiger partial charge in [-0.25, -0.2) is 0 Å². The zero-order valence-electron chi connectivity index (χ0n) is 16.8. The van der Waals surface area contributed by atoms with Gasteiger partial charge in [-0.2, -0.15) is 13.2 Å². The van der Waals surface area contributed by atoms with Crippen molar-refractivity contribution in [2.24, 2.45) is 5.41 Å². The molecule has 31 heavy (non-hydrogen) atoms. The van der Waals surface area contributed by atoms with Gasteiger partial charge in [0.2, 0.25) is 11.8 Å². The van der Waals surface area contributed by atoms with Crippen molar-refractivity contribution in [1.29, 1.82) is 0 Å². The van der Waals surface area contributed by atoms with Crippen LogP contribution in [0.5, 0.6) is 0 Å². The lowest BCUT2D eigenvalue weighted by atomic mass is 9.54. The average molecular weight is 436 g/mol. The quantitative estimate of drug-likeness (QED) is 0.618. The molecule has 2 saturated heterocycles.